The molecule has 1 fully saturated rings. The average Bonchev–Trinajstić information content (AvgIpc) is 3.32. The van der Waals surface area contributed by atoms with E-state index in [0.29, 0.717) is 13.0 Å². The molecule has 5 rings (SSSR count). The number of carbonyl (C=O) groups is 1. The maximum atomic E-state index is 13.0. The number of aryl methyl sites for hydroxylation is 2. The Morgan fingerprint density at radius 1 is 0.903 bits per heavy atom. The summed E-state index contributed by atoms with van der Waals surface area (Å²) >= 11 is 0. The zero-order valence-corrected chi connectivity index (χ0v) is 18.3. The fraction of sp³-hybridized carbons (Fsp3) is 0.259. The van der Waals surface area contributed by atoms with Crippen LogP contribution in [-0.4, -0.2) is 22.0 Å². The number of rotatable bonds is 4. The first-order valence-corrected chi connectivity index (χ1v) is 10.9. The minimum Gasteiger partial charge on any atom is -0.323 e. The van der Waals surface area contributed by atoms with Crippen molar-refractivity contribution in [2.24, 2.45) is 0 Å². The van der Waals surface area contributed by atoms with Gasteiger partial charge in [0.1, 0.15) is 5.82 Å². The summed E-state index contributed by atoms with van der Waals surface area (Å²) in [5, 5.41) is 0. The van der Waals surface area contributed by atoms with E-state index in [1.54, 1.807) is 0 Å². The molecule has 0 N–H and O–H groups in total. The van der Waals surface area contributed by atoms with Crippen LogP contribution in [0.25, 0.3) is 11.0 Å². The Morgan fingerprint density at radius 3 is 2.48 bits per heavy atom. The molecular formula is C27H27N3O. The van der Waals surface area contributed by atoms with Gasteiger partial charge >= 0.3 is 0 Å². The molecule has 31 heavy (non-hydrogen) atoms. The van der Waals surface area contributed by atoms with Crippen LogP contribution in [0.3, 0.4) is 0 Å². The predicted molar refractivity (Wildman–Crippen MR) is 126 cm³/mol. The number of fused-ring (bicyclic) bond motifs is 1. The van der Waals surface area contributed by atoms with E-state index >= 15 is 0 Å². The lowest BCUT2D eigenvalue weighted by atomic mass is 10.1. The van der Waals surface area contributed by atoms with Crippen LogP contribution >= 0.6 is 0 Å². The van der Waals surface area contributed by atoms with Crippen LogP contribution in [0.15, 0.2) is 66.7 Å². The highest BCUT2D eigenvalue weighted by Gasteiger charge is 2.35. The maximum absolute atomic E-state index is 13.0. The quantitative estimate of drug-likeness (QED) is 0.444. The molecule has 2 heterocycles. The second-order valence-electron chi connectivity index (χ2n) is 8.60. The van der Waals surface area contributed by atoms with E-state index < -0.39 is 0 Å². The average molecular weight is 410 g/mol. The van der Waals surface area contributed by atoms with Crippen LogP contribution in [0.4, 0.5) is 5.69 Å². The molecule has 1 aromatic heterocycles. The van der Waals surface area contributed by atoms with Crippen LogP contribution in [-0.2, 0) is 11.3 Å². The standard InChI is InChI=1S/C27H27N3O/c1-18-10-8-14-24(20(18)3)29-17-22(15-26(29)31)27-28-23-12-6-7-13-25(23)30(27)16-21-11-5-4-9-19(21)2/h4-14,22H,15-17H2,1-3H3/t22-/m0/s1. The molecule has 0 aliphatic carbocycles. The van der Waals surface area contributed by atoms with Gasteiger partial charge in [0, 0.05) is 31.1 Å². The molecule has 1 amide bonds. The maximum Gasteiger partial charge on any atom is 0.227 e. The van der Waals surface area contributed by atoms with Crippen molar-refractivity contribution in [2.45, 2.75) is 39.7 Å². The fourth-order valence-electron chi connectivity index (χ4n) is 4.67. The van der Waals surface area contributed by atoms with Crippen molar-refractivity contribution in [2.75, 3.05) is 11.4 Å². The van der Waals surface area contributed by atoms with Gasteiger partial charge in [-0.15, -0.1) is 0 Å². The summed E-state index contributed by atoms with van der Waals surface area (Å²) in [5.74, 6) is 1.25. The minimum absolute atomic E-state index is 0.0730. The Kier molecular flexibility index (Phi) is 4.85. The second-order valence-corrected chi connectivity index (χ2v) is 8.60. The normalized spacial score (nSPS) is 16.4. The van der Waals surface area contributed by atoms with Crippen LogP contribution in [0.2, 0.25) is 0 Å². The third-order valence-corrected chi connectivity index (χ3v) is 6.63. The molecule has 0 bridgehead atoms. The summed E-state index contributed by atoms with van der Waals surface area (Å²) in [6.45, 7) is 7.77. The van der Waals surface area contributed by atoms with Crippen molar-refractivity contribution in [3.63, 3.8) is 0 Å². The topological polar surface area (TPSA) is 38.1 Å². The van der Waals surface area contributed by atoms with E-state index in [1.165, 1.54) is 22.3 Å². The van der Waals surface area contributed by atoms with Crippen LogP contribution in [0.1, 0.15) is 40.4 Å². The van der Waals surface area contributed by atoms with Gasteiger partial charge in [0.15, 0.2) is 0 Å². The van der Waals surface area contributed by atoms with Gasteiger partial charge in [-0.2, -0.15) is 0 Å². The van der Waals surface area contributed by atoms with E-state index in [-0.39, 0.29) is 11.8 Å². The summed E-state index contributed by atoms with van der Waals surface area (Å²) in [4.78, 5) is 20.0. The van der Waals surface area contributed by atoms with Gasteiger partial charge < -0.3 is 9.47 Å². The molecule has 3 aromatic carbocycles. The third-order valence-electron chi connectivity index (χ3n) is 6.63. The Labute approximate surface area is 183 Å². The molecule has 4 aromatic rings. The lowest BCUT2D eigenvalue weighted by Crippen LogP contribution is -2.25. The van der Waals surface area contributed by atoms with Crippen molar-refractivity contribution in [3.05, 3.63) is 94.8 Å². The molecule has 1 saturated heterocycles. The van der Waals surface area contributed by atoms with Crippen molar-refractivity contribution in [1.29, 1.82) is 0 Å². The number of hydrogen-bond donors (Lipinski definition) is 0. The number of imidazole rings is 1. The smallest absolute Gasteiger partial charge is 0.227 e. The van der Waals surface area contributed by atoms with Gasteiger partial charge in [0.05, 0.1) is 11.0 Å². The number of amides is 1. The van der Waals surface area contributed by atoms with Crippen molar-refractivity contribution < 1.29 is 4.79 Å². The van der Waals surface area contributed by atoms with Gasteiger partial charge in [-0.3, -0.25) is 4.79 Å². The molecule has 0 radical (unpaired) electrons. The van der Waals surface area contributed by atoms with Crippen LogP contribution in [0.5, 0.6) is 0 Å². The SMILES string of the molecule is Cc1ccccc1Cn1c([C@H]2CC(=O)N(c3cccc(C)c3C)C2)nc2ccccc21. The molecule has 156 valence electrons. The van der Waals surface area contributed by atoms with E-state index in [0.717, 1.165) is 29.1 Å². The van der Waals surface area contributed by atoms with Crippen LogP contribution < -0.4 is 4.90 Å². The van der Waals surface area contributed by atoms with E-state index in [2.05, 4.69) is 79.9 Å². The Bertz CT molecular complexity index is 1290. The van der Waals surface area contributed by atoms with Crippen molar-refractivity contribution in [1.82, 2.24) is 9.55 Å². The molecule has 1 aliphatic heterocycles. The van der Waals surface area contributed by atoms with Gasteiger partial charge in [0.25, 0.3) is 0 Å². The van der Waals surface area contributed by atoms with E-state index in [4.69, 9.17) is 4.98 Å². The molecule has 0 spiro atoms. The largest absolute Gasteiger partial charge is 0.323 e. The number of nitrogens with zero attached hydrogens (tertiary/aromatic N) is 3. The zero-order valence-electron chi connectivity index (χ0n) is 18.3. The molecule has 1 aliphatic rings. The molecule has 4 heteroatoms. The summed E-state index contributed by atoms with van der Waals surface area (Å²) in [7, 11) is 0. The highest BCUT2D eigenvalue weighted by molar-refractivity contribution is 5.97. The first kappa shape index (κ1) is 19.6. The zero-order chi connectivity index (χ0) is 21.5. The Morgan fingerprint density at radius 2 is 1.65 bits per heavy atom. The predicted octanol–water partition coefficient (Wildman–Crippen LogP) is 5.53. The summed E-state index contributed by atoms with van der Waals surface area (Å²) in [6.07, 6.45) is 0.491. The van der Waals surface area contributed by atoms with Gasteiger partial charge in [0.2, 0.25) is 5.91 Å². The van der Waals surface area contributed by atoms with Gasteiger partial charge in [-0.1, -0.05) is 48.5 Å². The van der Waals surface area contributed by atoms with E-state index in [9.17, 15) is 4.79 Å². The molecule has 4 nitrogen and oxygen atoms in total. The molecule has 0 unspecified atom stereocenters. The first-order chi connectivity index (χ1) is 15.0. The third kappa shape index (κ3) is 3.42. The number of anilines is 1. The monoisotopic (exact) mass is 409 g/mol. The number of benzene rings is 3. The Hall–Kier alpha value is -3.40. The highest BCUT2D eigenvalue weighted by atomic mass is 16.2. The number of carbonyl (C=O) groups excluding carboxylic acids is 1. The highest BCUT2D eigenvalue weighted by Crippen LogP contribution is 2.35. The summed E-state index contributed by atoms with van der Waals surface area (Å²) in [6, 6.07) is 22.9. The lowest BCUT2D eigenvalue weighted by Gasteiger charge is -2.20. The number of hydrogen-bond acceptors (Lipinski definition) is 2. The molecule has 1 atom stereocenters. The lowest BCUT2D eigenvalue weighted by molar-refractivity contribution is -0.117. The van der Waals surface area contributed by atoms with Crippen molar-refractivity contribution in [3.8, 4) is 0 Å². The van der Waals surface area contributed by atoms with Crippen LogP contribution in [0, 0.1) is 20.8 Å². The fourth-order valence-corrected chi connectivity index (χ4v) is 4.67. The minimum atomic E-state index is 0.0730. The number of para-hydroxylation sites is 2. The summed E-state index contributed by atoms with van der Waals surface area (Å²) < 4.78 is 2.31. The Balaban J connectivity index is 1.55. The van der Waals surface area contributed by atoms with Gasteiger partial charge in [-0.25, -0.2) is 4.98 Å². The molecule has 0 saturated carbocycles. The first-order valence-electron chi connectivity index (χ1n) is 10.9. The van der Waals surface area contributed by atoms with E-state index in [1.807, 2.05) is 17.0 Å². The number of aromatic nitrogens is 2. The van der Waals surface area contributed by atoms with Gasteiger partial charge in [-0.05, 0) is 61.2 Å². The second kappa shape index (κ2) is 7.69. The summed E-state index contributed by atoms with van der Waals surface area (Å²) in [5.41, 5.74) is 8.06. The van der Waals surface area contributed by atoms with Crippen molar-refractivity contribution >= 4 is 22.6 Å². The molecular weight excluding hydrogens is 382 g/mol.